The van der Waals surface area contributed by atoms with Crippen molar-refractivity contribution in [1.82, 2.24) is 4.57 Å². The van der Waals surface area contributed by atoms with Crippen LogP contribution in [-0.2, 0) is 33.0 Å². The third kappa shape index (κ3) is 5.37. The van der Waals surface area contributed by atoms with Crippen LogP contribution < -0.4 is 10.0 Å². The maximum Gasteiger partial charge on any atom is 0.355 e. The number of rotatable bonds is 10. The van der Waals surface area contributed by atoms with Crippen LogP contribution in [0.5, 0.6) is 0 Å². The summed E-state index contributed by atoms with van der Waals surface area (Å²) in [5.74, 6) is -0.511. The maximum absolute atomic E-state index is 12.8. The van der Waals surface area contributed by atoms with Crippen molar-refractivity contribution in [2.45, 2.75) is 39.4 Å². The number of ether oxygens (including phenoxy) is 1. The first-order valence-corrected chi connectivity index (χ1v) is 13.4. The molecule has 0 atom stereocenters. The summed E-state index contributed by atoms with van der Waals surface area (Å²) >= 11 is 0. The van der Waals surface area contributed by atoms with E-state index in [2.05, 4.69) is 16.1 Å². The Kier molecular flexibility index (Phi) is 8.40. The molecule has 1 heterocycles. The minimum atomic E-state index is -3.65. The molecule has 194 valence electrons. The van der Waals surface area contributed by atoms with E-state index in [0.29, 0.717) is 52.0 Å². The highest BCUT2D eigenvalue weighted by atomic mass is 32.2. The number of nitriles is 1. The molecule has 0 aliphatic carbocycles. The summed E-state index contributed by atoms with van der Waals surface area (Å²) in [6.07, 6.45) is 1.05. The number of nitrogens with one attached hydrogen (secondary N) is 2. The number of esters is 1. The number of hydrogen-bond acceptors (Lipinski definition) is 6. The molecule has 0 aliphatic heterocycles. The highest BCUT2D eigenvalue weighted by Crippen LogP contribution is 2.38. The first kappa shape index (κ1) is 27.5. The number of anilines is 2. The summed E-state index contributed by atoms with van der Waals surface area (Å²) in [4.78, 5) is 24.2. The Balaban J connectivity index is 2.15. The summed E-state index contributed by atoms with van der Waals surface area (Å²) < 4.78 is 34.4. The lowest BCUT2D eigenvalue weighted by atomic mass is 9.96. The Morgan fingerprint density at radius 2 is 1.78 bits per heavy atom. The van der Waals surface area contributed by atoms with Gasteiger partial charge in [-0.1, -0.05) is 43.3 Å². The molecule has 0 spiro atoms. The van der Waals surface area contributed by atoms with E-state index in [1.807, 2.05) is 6.92 Å². The monoisotopic (exact) mass is 522 g/mol. The number of nitrogens with zero attached hydrogens (tertiary/aromatic N) is 2. The molecule has 1 aromatic heterocycles. The average molecular weight is 523 g/mol. The van der Waals surface area contributed by atoms with Crippen LogP contribution in [0.25, 0.3) is 22.3 Å². The summed E-state index contributed by atoms with van der Waals surface area (Å²) in [6.45, 7) is 6.97. The summed E-state index contributed by atoms with van der Waals surface area (Å²) in [5.41, 5.74) is 4.44. The predicted octanol–water partition coefficient (Wildman–Crippen LogP) is 4.69. The Morgan fingerprint density at radius 1 is 1.14 bits per heavy atom. The number of para-hydroxylation sites is 1. The van der Waals surface area contributed by atoms with Gasteiger partial charge < -0.3 is 14.6 Å². The molecule has 0 fully saturated rings. The van der Waals surface area contributed by atoms with Crippen LogP contribution in [-0.4, -0.2) is 37.2 Å². The largest absolute Gasteiger partial charge is 0.461 e. The predicted molar refractivity (Wildman–Crippen MR) is 144 cm³/mol. The minimum absolute atomic E-state index is 0.204. The molecule has 2 N–H and O–H groups in total. The van der Waals surface area contributed by atoms with Gasteiger partial charge in [-0.25, -0.2) is 13.2 Å². The van der Waals surface area contributed by atoms with Crippen LogP contribution in [0.1, 0.15) is 49.4 Å². The van der Waals surface area contributed by atoms with E-state index in [-0.39, 0.29) is 12.3 Å². The lowest BCUT2D eigenvalue weighted by molar-refractivity contribution is -0.105. The van der Waals surface area contributed by atoms with Crippen molar-refractivity contribution in [3.05, 3.63) is 59.4 Å². The Morgan fingerprint density at radius 3 is 2.32 bits per heavy atom. The Bertz CT molecular complexity index is 1470. The number of carbonyl (C=O) groups excluding carboxylic acids is 2. The molecule has 3 aromatic rings. The van der Waals surface area contributed by atoms with Crippen LogP contribution >= 0.6 is 0 Å². The molecule has 0 radical (unpaired) electrons. The normalized spacial score (nSPS) is 11.2. The van der Waals surface area contributed by atoms with Crippen molar-refractivity contribution in [3.8, 4) is 28.3 Å². The van der Waals surface area contributed by atoms with Crippen molar-refractivity contribution in [1.29, 1.82) is 5.26 Å². The topological polar surface area (TPSA) is 130 Å². The third-order valence-electron chi connectivity index (χ3n) is 6.06. The van der Waals surface area contributed by atoms with E-state index in [0.717, 1.165) is 5.69 Å². The summed E-state index contributed by atoms with van der Waals surface area (Å²) in [5, 5.41) is 11.9. The lowest BCUT2D eigenvalue weighted by Crippen LogP contribution is -2.23. The first-order chi connectivity index (χ1) is 17.6. The van der Waals surface area contributed by atoms with Gasteiger partial charge in [-0.05, 0) is 44.4 Å². The molecule has 1 amide bonds. The fraction of sp³-hybridized carbons (Fsp3) is 0.296. The summed E-state index contributed by atoms with van der Waals surface area (Å²) in [6, 6.07) is 14.4. The molecule has 3 rings (SSSR count). The number of benzene rings is 2. The third-order valence-corrected chi connectivity index (χ3v) is 7.80. The Hall–Kier alpha value is -4.10. The molecule has 2 aromatic carbocycles. The molecule has 0 unspecified atom stereocenters. The standard InChI is InChI=1S/C27H30N4O5S/c1-6-23-21(15-28)24(26(31(23)5)27(33)36-7-2)19-13-11-18(12-14-19)20-9-8-10-22(25(20)29-16-32)30-37(34,35)17(3)4/h8-14,16-17,30H,6-7H2,1-5H3,(H,29,32). The average Bonchev–Trinajstić information content (AvgIpc) is 3.16. The molecule has 0 saturated heterocycles. The maximum atomic E-state index is 12.8. The fourth-order valence-electron chi connectivity index (χ4n) is 4.17. The van der Waals surface area contributed by atoms with Gasteiger partial charge in [0.25, 0.3) is 0 Å². The van der Waals surface area contributed by atoms with Crippen molar-refractivity contribution in [2.24, 2.45) is 7.05 Å². The zero-order valence-corrected chi connectivity index (χ0v) is 22.3. The zero-order valence-electron chi connectivity index (χ0n) is 21.5. The molecule has 37 heavy (non-hydrogen) atoms. The molecule has 10 heteroatoms. The van der Waals surface area contributed by atoms with Crippen LogP contribution in [0.2, 0.25) is 0 Å². The van der Waals surface area contributed by atoms with Gasteiger partial charge in [0.1, 0.15) is 11.8 Å². The molecule has 0 bridgehead atoms. The van der Waals surface area contributed by atoms with Crippen molar-refractivity contribution >= 4 is 33.8 Å². The smallest absolute Gasteiger partial charge is 0.355 e. The van der Waals surface area contributed by atoms with Gasteiger partial charge in [-0.15, -0.1) is 0 Å². The number of carbonyl (C=O) groups is 2. The number of aromatic nitrogens is 1. The summed E-state index contributed by atoms with van der Waals surface area (Å²) in [7, 11) is -1.91. The van der Waals surface area contributed by atoms with Gasteiger partial charge in [-0.3, -0.25) is 9.52 Å². The van der Waals surface area contributed by atoms with Crippen LogP contribution in [0.15, 0.2) is 42.5 Å². The second kappa shape index (κ2) is 11.3. The fourth-order valence-corrected chi connectivity index (χ4v) is 4.88. The SMILES string of the molecule is CCOC(=O)c1c(-c2ccc(-c3cccc(NS(=O)(=O)C(C)C)c3NC=O)cc2)c(C#N)c(CC)n1C. The van der Waals surface area contributed by atoms with E-state index < -0.39 is 21.2 Å². The number of sulfonamides is 1. The van der Waals surface area contributed by atoms with Crippen LogP contribution in [0.3, 0.4) is 0 Å². The van der Waals surface area contributed by atoms with Crippen LogP contribution in [0.4, 0.5) is 11.4 Å². The highest BCUT2D eigenvalue weighted by molar-refractivity contribution is 7.93. The minimum Gasteiger partial charge on any atom is -0.461 e. The lowest BCUT2D eigenvalue weighted by Gasteiger charge is -2.17. The highest BCUT2D eigenvalue weighted by Gasteiger charge is 2.27. The Labute approximate surface area is 217 Å². The number of hydrogen-bond donors (Lipinski definition) is 2. The van der Waals surface area contributed by atoms with E-state index >= 15 is 0 Å². The van der Waals surface area contributed by atoms with Crippen molar-refractivity contribution in [3.63, 3.8) is 0 Å². The molecular formula is C27H30N4O5S. The van der Waals surface area contributed by atoms with Gasteiger partial charge in [-0.2, -0.15) is 5.26 Å². The van der Waals surface area contributed by atoms with Crippen molar-refractivity contribution in [2.75, 3.05) is 16.6 Å². The van der Waals surface area contributed by atoms with Gasteiger partial charge in [0.2, 0.25) is 16.4 Å². The van der Waals surface area contributed by atoms with E-state index in [1.165, 1.54) is 0 Å². The van der Waals surface area contributed by atoms with Gasteiger partial charge >= 0.3 is 5.97 Å². The molecule has 0 aliphatic rings. The van der Waals surface area contributed by atoms with Gasteiger partial charge in [0.05, 0.1) is 28.8 Å². The second-order valence-corrected chi connectivity index (χ2v) is 10.8. The zero-order chi connectivity index (χ0) is 27.3. The number of amides is 1. The molecule has 0 saturated carbocycles. The van der Waals surface area contributed by atoms with E-state index in [9.17, 15) is 23.3 Å². The van der Waals surface area contributed by atoms with E-state index in [4.69, 9.17) is 4.74 Å². The van der Waals surface area contributed by atoms with Crippen molar-refractivity contribution < 1.29 is 22.7 Å². The van der Waals surface area contributed by atoms with Gasteiger partial charge in [0.15, 0.2) is 0 Å². The van der Waals surface area contributed by atoms with E-state index in [1.54, 1.807) is 74.9 Å². The first-order valence-electron chi connectivity index (χ1n) is 11.9. The quantitative estimate of drug-likeness (QED) is 0.293. The molecular weight excluding hydrogens is 492 g/mol. The molecule has 9 nitrogen and oxygen atoms in total. The van der Waals surface area contributed by atoms with Gasteiger partial charge in [0, 0.05) is 23.9 Å². The second-order valence-electron chi connectivity index (χ2n) is 8.55. The van der Waals surface area contributed by atoms with Crippen LogP contribution in [0, 0.1) is 11.3 Å².